The van der Waals surface area contributed by atoms with Crippen molar-refractivity contribution < 1.29 is 12.8 Å². The summed E-state index contributed by atoms with van der Waals surface area (Å²) >= 11 is 0. The van der Waals surface area contributed by atoms with E-state index in [1.165, 1.54) is 12.1 Å². The molecule has 3 N–H and O–H groups in total. The number of hydrogen-bond donors (Lipinski definition) is 2. The number of anilines is 1. The highest BCUT2D eigenvalue weighted by atomic mass is 32.2. The molecular formula is C14H21FN2O2S. The molecule has 0 heterocycles. The molecule has 0 aliphatic heterocycles. The minimum absolute atomic E-state index is 0.0252. The van der Waals surface area contributed by atoms with Crippen molar-refractivity contribution in [3.8, 4) is 0 Å². The molecule has 1 saturated carbocycles. The average molecular weight is 300 g/mol. The van der Waals surface area contributed by atoms with Crippen molar-refractivity contribution in [2.75, 3.05) is 12.3 Å². The highest BCUT2D eigenvalue weighted by Crippen LogP contribution is 2.40. The molecule has 6 heteroatoms. The zero-order chi connectivity index (χ0) is 14.8. The Hall–Kier alpha value is -1.14. The molecule has 0 aromatic heterocycles. The molecule has 20 heavy (non-hydrogen) atoms. The first-order valence-electron chi connectivity index (χ1n) is 6.93. The average Bonchev–Trinajstić information content (AvgIpc) is 2.85. The lowest BCUT2D eigenvalue weighted by atomic mass is 9.84. The molecule has 0 spiro atoms. The molecule has 1 aliphatic carbocycles. The van der Waals surface area contributed by atoms with Gasteiger partial charge < -0.3 is 5.73 Å². The maximum absolute atomic E-state index is 13.7. The Bertz CT molecular complexity index is 581. The van der Waals surface area contributed by atoms with E-state index in [4.69, 9.17) is 5.73 Å². The van der Waals surface area contributed by atoms with Crippen LogP contribution in [0, 0.1) is 11.2 Å². The molecule has 0 unspecified atom stereocenters. The molecule has 4 nitrogen and oxygen atoms in total. The van der Waals surface area contributed by atoms with Crippen LogP contribution >= 0.6 is 0 Å². The highest BCUT2D eigenvalue weighted by molar-refractivity contribution is 7.89. The number of nitrogens with two attached hydrogens (primary N) is 1. The minimum Gasteiger partial charge on any atom is -0.399 e. The van der Waals surface area contributed by atoms with Crippen molar-refractivity contribution >= 4 is 15.7 Å². The van der Waals surface area contributed by atoms with E-state index in [0.717, 1.165) is 38.2 Å². The van der Waals surface area contributed by atoms with Crippen LogP contribution in [0.15, 0.2) is 23.1 Å². The molecule has 0 amide bonds. The third kappa shape index (κ3) is 3.12. The second kappa shape index (κ2) is 5.69. The second-order valence-electron chi connectivity index (χ2n) is 5.58. The van der Waals surface area contributed by atoms with Gasteiger partial charge in [-0.3, -0.25) is 0 Å². The molecule has 2 rings (SSSR count). The van der Waals surface area contributed by atoms with Gasteiger partial charge in [0.05, 0.1) is 0 Å². The van der Waals surface area contributed by atoms with Gasteiger partial charge >= 0.3 is 0 Å². The number of benzene rings is 1. The second-order valence-corrected chi connectivity index (χ2v) is 7.31. The summed E-state index contributed by atoms with van der Waals surface area (Å²) < 4.78 is 40.7. The van der Waals surface area contributed by atoms with Gasteiger partial charge in [0.1, 0.15) is 10.7 Å². The minimum atomic E-state index is -3.82. The maximum Gasteiger partial charge on any atom is 0.243 e. The largest absolute Gasteiger partial charge is 0.399 e. The summed E-state index contributed by atoms with van der Waals surface area (Å²) in [5.41, 5.74) is 5.67. The van der Waals surface area contributed by atoms with Gasteiger partial charge in [0, 0.05) is 12.2 Å². The van der Waals surface area contributed by atoms with Crippen LogP contribution in [0.25, 0.3) is 0 Å². The predicted octanol–water partition coefficient (Wildman–Crippen LogP) is 2.66. The smallest absolute Gasteiger partial charge is 0.243 e. The summed E-state index contributed by atoms with van der Waals surface area (Å²) in [6.45, 7) is 2.44. The summed E-state index contributed by atoms with van der Waals surface area (Å²) in [4.78, 5) is -0.337. The van der Waals surface area contributed by atoms with E-state index in [-0.39, 0.29) is 16.0 Å². The van der Waals surface area contributed by atoms with Gasteiger partial charge in [-0.25, -0.2) is 17.5 Å². The number of halogens is 1. The van der Waals surface area contributed by atoms with Crippen LogP contribution in [0.5, 0.6) is 0 Å². The predicted molar refractivity (Wildman–Crippen MR) is 77.2 cm³/mol. The molecular weight excluding hydrogens is 279 g/mol. The fourth-order valence-electron chi connectivity index (χ4n) is 2.84. The lowest BCUT2D eigenvalue weighted by molar-refractivity contribution is 0.285. The van der Waals surface area contributed by atoms with Crippen molar-refractivity contribution in [2.45, 2.75) is 43.9 Å². The Morgan fingerprint density at radius 3 is 2.55 bits per heavy atom. The van der Waals surface area contributed by atoms with Gasteiger partial charge in [0.15, 0.2) is 0 Å². The van der Waals surface area contributed by atoms with Crippen LogP contribution in [-0.4, -0.2) is 15.0 Å². The number of hydrogen-bond acceptors (Lipinski definition) is 3. The van der Waals surface area contributed by atoms with E-state index in [9.17, 15) is 12.8 Å². The van der Waals surface area contributed by atoms with Gasteiger partial charge in [-0.1, -0.05) is 19.8 Å². The van der Waals surface area contributed by atoms with Gasteiger partial charge in [0.25, 0.3) is 0 Å². The first-order chi connectivity index (χ1) is 9.38. The first-order valence-corrected chi connectivity index (χ1v) is 8.42. The number of rotatable bonds is 5. The van der Waals surface area contributed by atoms with Crippen molar-refractivity contribution in [3.63, 3.8) is 0 Å². The van der Waals surface area contributed by atoms with E-state index in [1.807, 2.05) is 0 Å². The Morgan fingerprint density at radius 1 is 1.35 bits per heavy atom. The molecule has 1 aliphatic rings. The normalized spacial score (nSPS) is 18.3. The van der Waals surface area contributed by atoms with Crippen LogP contribution in [-0.2, 0) is 10.0 Å². The van der Waals surface area contributed by atoms with Crippen LogP contribution in [0.1, 0.15) is 39.0 Å². The summed E-state index contributed by atoms with van der Waals surface area (Å²) in [7, 11) is -3.82. The van der Waals surface area contributed by atoms with Crippen LogP contribution in [0.2, 0.25) is 0 Å². The first kappa shape index (κ1) is 15.3. The maximum atomic E-state index is 13.7. The Balaban J connectivity index is 2.15. The SMILES string of the molecule is CCC1(CNS(=O)(=O)c2ccc(N)cc2F)CCCC1. The standard InChI is InChI=1S/C14H21FN2O2S/c1-2-14(7-3-4-8-14)10-17-20(18,19)13-6-5-11(16)9-12(13)15/h5-6,9,17H,2-4,7-8,10,16H2,1H3. The summed E-state index contributed by atoms with van der Waals surface area (Å²) in [6.07, 6.45) is 5.24. The molecule has 1 aromatic rings. The van der Waals surface area contributed by atoms with Gasteiger partial charge in [-0.15, -0.1) is 0 Å². The van der Waals surface area contributed by atoms with E-state index in [0.29, 0.717) is 6.54 Å². The number of nitrogen functional groups attached to an aromatic ring is 1. The van der Waals surface area contributed by atoms with E-state index < -0.39 is 15.8 Å². The topological polar surface area (TPSA) is 72.2 Å². The summed E-state index contributed by atoms with van der Waals surface area (Å²) in [6, 6.07) is 3.63. The molecule has 1 fully saturated rings. The van der Waals surface area contributed by atoms with Crippen LogP contribution in [0.3, 0.4) is 0 Å². The molecule has 0 saturated heterocycles. The highest BCUT2D eigenvalue weighted by Gasteiger charge is 2.33. The van der Waals surface area contributed by atoms with Crippen molar-refractivity contribution in [1.29, 1.82) is 0 Å². The molecule has 0 radical (unpaired) electrons. The monoisotopic (exact) mass is 300 g/mol. The zero-order valence-corrected chi connectivity index (χ0v) is 12.5. The van der Waals surface area contributed by atoms with Gasteiger partial charge in [0.2, 0.25) is 10.0 Å². The zero-order valence-electron chi connectivity index (χ0n) is 11.7. The van der Waals surface area contributed by atoms with E-state index in [1.54, 1.807) is 0 Å². The Morgan fingerprint density at radius 2 is 2.00 bits per heavy atom. The molecule has 0 atom stereocenters. The molecule has 1 aromatic carbocycles. The van der Waals surface area contributed by atoms with Crippen LogP contribution in [0.4, 0.5) is 10.1 Å². The Labute approximate surface area is 119 Å². The fourth-order valence-corrected chi connectivity index (χ4v) is 4.06. The van der Waals surface area contributed by atoms with E-state index in [2.05, 4.69) is 11.6 Å². The van der Waals surface area contributed by atoms with Gasteiger partial charge in [-0.05, 0) is 42.9 Å². The lowest BCUT2D eigenvalue weighted by Gasteiger charge is -2.27. The number of sulfonamides is 1. The quantitative estimate of drug-likeness (QED) is 0.821. The van der Waals surface area contributed by atoms with Crippen molar-refractivity contribution in [1.82, 2.24) is 4.72 Å². The fraction of sp³-hybridized carbons (Fsp3) is 0.571. The van der Waals surface area contributed by atoms with Crippen molar-refractivity contribution in [2.24, 2.45) is 5.41 Å². The van der Waals surface area contributed by atoms with Gasteiger partial charge in [-0.2, -0.15) is 0 Å². The molecule has 112 valence electrons. The lowest BCUT2D eigenvalue weighted by Crippen LogP contribution is -2.36. The van der Waals surface area contributed by atoms with Crippen LogP contribution < -0.4 is 10.5 Å². The molecule has 0 bridgehead atoms. The van der Waals surface area contributed by atoms with E-state index >= 15 is 0 Å². The van der Waals surface area contributed by atoms with Crippen molar-refractivity contribution in [3.05, 3.63) is 24.0 Å². The third-order valence-corrected chi connectivity index (χ3v) is 5.73. The summed E-state index contributed by atoms with van der Waals surface area (Å²) in [5, 5.41) is 0. The Kier molecular flexibility index (Phi) is 4.34. The number of nitrogens with one attached hydrogen (secondary N) is 1. The summed E-state index contributed by atoms with van der Waals surface area (Å²) in [5.74, 6) is -0.811. The third-order valence-electron chi connectivity index (χ3n) is 4.30.